The normalized spacial score (nSPS) is 10.3. The molecule has 0 atom stereocenters. The van der Waals surface area contributed by atoms with Gasteiger partial charge in [0, 0.05) is 10.7 Å². The summed E-state index contributed by atoms with van der Waals surface area (Å²) in [5, 5.41) is 1.36. The van der Waals surface area contributed by atoms with E-state index in [2.05, 4.69) is 0 Å². The number of rotatable bonds is 2. The first-order valence-electron chi connectivity index (χ1n) is 4.74. The second-order valence-corrected chi connectivity index (χ2v) is 4.62. The molecule has 0 heterocycles. The van der Waals surface area contributed by atoms with Crippen molar-refractivity contribution >= 4 is 40.5 Å². The Balaban J connectivity index is 2.33. The summed E-state index contributed by atoms with van der Waals surface area (Å²) in [5.74, 6) is 0.979. The number of benzene rings is 2. The van der Waals surface area contributed by atoms with Crippen LogP contribution in [-0.4, -0.2) is 0 Å². The third kappa shape index (κ3) is 2.97. The van der Waals surface area contributed by atoms with Crippen molar-refractivity contribution < 1.29 is 4.74 Å². The predicted octanol–water partition coefficient (Wildman–Crippen LogP) is 5.02. The molecule has 0 aliphatic carbocycles. The molecule has 0 saturated heterocycles. The number of ether oxygens (including phenoxy) is 1. The molecule has 0 unspecified atom stereocenters. The third-order valence-electron chi connectivity index (χ3n) is 2.05. The van der Waals surface area contributed by atoms with Crippen LogP contribution in [0.3, 0.4) is 0 Å². The molecule has 5 heteroatoms. The number of nitrogens with two attached hydrogens (primary N) is 1. The fourth-order valence-electron chi connectivity index (χ4n) is 1.30. The maximum atomic E-state index is 6.00. The Morgan fingerprint density at radius 3 is 1.94 bits per heavy atom. The van der Waals surface area contributed by atoms with Crippen molar-refractivity contribution in [2.45, 2.75) is 0 Å². The zero-order chi connectivity index (χ0) is 12.4. The second kappa shape index (κ2) is 5.05. The molecule has 2 N–H and O–H groups in total. The zero-order valence-electron chi connectivity index (χ0n) is 8.58. The van der Waals surface area contributed by atoms with Crippen LogP contribution in [0.25, 0.3) is 0 Å². The molecule has 0 spiro atoms. The highest BCUT2D eigenvalue weighted by atomic mass is 35.5. The van der Waals surface area contributed by atoms with Crippen molar-refractivity contribution in [1.29, 1.82) is 0 Å². The predicted molar refractivity (Wildman–Crippen MR) is 72.4 cm³/mol. The Morgan fingerprint density at radius 1 is 0.882 bits per heavy atom. The summed E-state index contributed by atoms with van der Waals surface area (Å²) in [6.07, 6.45) is 0. The van der Waals surface area contributed by atoms with E-state index in [9.17, 15) is 0 Å². The van der Waals surface area contributed by atoms with Gasteiger partial charge in [-0.25, -0.2) is 0 Å². The molecule has 0 fully saturated rings. The van der Waals surface area contributed by atoms with E-state index in [4.69, 9.17) is 45.3 Å². The zero-order valence-corrected chi connectivity index (χ0v) is 10.9. The van der Waals surface area contributed by atoms with Crippen LogP contribution >= 0.6 is 34.8 Å². The van der Waals surface area contributed by atoms with E-state index in [0.717, 1.165) is 0 Å². The van der Waals surface area contributed by atoms with Gasteiger partial charge in [-0.05, 0) is 36.4 Å². The summed E-state index contributed by atoms with van der Waals surface area (Å²) < 4.78 is 5.57. The molecule has 0 bridgehead atoms. The Kier molecular flexibility index (Phi) is 3.67. The molecule has 0 saturated carbocycles. The van der Waals surface area contributed by atoms with E-state index in [0.29, 0.717) is 32.3 Å². The van der Waals surface area contributed by atoms with Gasteiger partial charge >= 0.3 is 0 Å². The molecule has 88 valence electrons. The average molecular weight is 289 g/mol. The maximum absolute atomic E-state index is 6.00. The Morgan fingerprint density at radius 2 is 1.41 bits per heavy atom. The minimum Gasteiger partial charge on any atom is -0.454 e. The van der Waals surface area contributed by atoms with Crippen LogP contribution in [0.1, 0.15) is 0 Å². The van der Waals surface area contributed by atoms with Crippen LogP contribution in [0.15, 0.2) is 36.4 Å². The molecule has 2 rings (SSSR count). The molecule has 0 aliphatic heterocycles. The Hall–Kier alpha value is -1.09. The van der Waals surface area contributed by atoms with Gasteiger partial charge in [-0.15, -0.1) is 0 Å². The Bertz CT molecular complexity index is 517. The summed E-state index contributed by atoms with van der Waals surface area (Å²) in [6, 6.07) is 10.1. The van der Waals surface area contributed by atoms with Gasteiger partial charge < -0.3 is 10.5 Å². The second-order valence-electron chi connectivity index (χ2n) is 3.37. The first-order valence-corrected chi connectivity index (χ1v) is 5.87. The molecule has 0 aliphatic rings. The molecule has 0 aromatic heterocycles. The van der Waals surface area contributed by atoms with Crippen LogP contribution in [0.5, 0.6) is 11.5 Å². The van der Waals surface area contributed by atoms with Crippen LogP contribution in [0, 0.1) is 0 Å². The molecular formula is C12H8Cl3NO. The highest BCUT2D eigenvalue weighted by Gasteiger charge is 2.09. The van der Waals surface area contributed by atoms with Crippen molar-refractivity contribution in [3.63, 3.8) is 0 Å². The fourth-order valence-corrected chi connectivity index (χ4v) is 2.00. The molecule has 0 amide bonds. The van der Waals surface area contributed by atoms with Gasteiger partial charge in [-0.3, -0.25) is 0 Å². The number of anilines is 1. The van der Waals surface area contributed by atoms with Gasteiger partial charge in [0.2, 0.25) is 0 Å². The third-order valence-corrected chi connectivity index (χ3v) is 2.87. The van der Waals surface area contributed by atoms with Crippen LogP contribution in [0.2, 0.25) is 15.1 Å². The number of hydrogen-bond acceptors (Lipinski definition) is 2. The Labute approximate surface area is 114 Å². The van der Waals surface area contributed by atoms with E-state index in [1.54, 1.807) is 36.4 Å². The van der Waals surface area contributed by atoms with E-state index in [1.165, 1.54) is 0 Å². The highest BCUT2D eigenvalue weighted by molar-refractivity contribution is 6.37. The van der Waals surface area contributed by atoms with E-state index in [1.807, 2.05) is 0 Å². The lowest BCUT2D eigenvalue weighted by Crippen LogP contribution is -1.90. The lowest BCUT2D eigenvalue weighted by molar-refractivity contribution is 0.483. The smallest absolute Gasteiger partial charge is 0.164 e. The summed E-state index contributed by atoms with van der Waals surface area (Å²) >= 11 is 17.8. The first kappa shape index (κ1) is 12.4. The standard InChI is InChI=1S/C12H8Cl3NO/c13-7-1-3-9(4-2-7)17-12-10(14)5-8(16)6-11(12)15/h1-6H,16H2. The minimum atomic E-state index is 0.366. The lowest BCUT2D eigenvalue weighted by Gasteiger charge is -2.10. The van der Waals surface area contributed by atoms with Gasteiger partial charge in [-0.2, -0.15) is 0 Å². The van der Waals surface area contributed by atoms with Crippen molar-refractivity contribution in [1.82, 2.24) is 0 Å². The van der Waals surface area contributed by atoms with Crippen molar-refractivity contribution in [2.75, 3.05) is 5.73 Å². The van der Waals surface area contributed by atoms with Gasteiger partial charge in [0.05, 0.1) is 10.0 Å². The summed E-state index contributed by atoms with van der Waals surface area (Å²) in [4.78, 5) is 0. The average Bonchev–Trinajstić information content (AvgIpc) is 2.26. The quantitative estimate of drug-likeness (QED) is 0.787. The number of hydrogen-bond donors (Lipinski definition) is 1. The monoisotopic (exact) mass is 287 g/mol. The first-order chi connectivity index (χ1) is 8.06. The van der Waals surface area contributed by atoms with Gasteiger partial charge in [-0.1, -0.05) is 34.8 Å². The topological polar surface area (TPSA) is 35.2 Å². The lowest BCUT2D eigenvalue weighted by atomic mass is 10.3. The van der Waals surface area contributed by atoms with Gasteiger partial charge in [0.1, 0.15) is 5.75 Å². The molecule has 17 heavy (non-hydrogen) atoms. The number of halogens is 3. The molecule has 0 radical (unpaired) electrons. The van der Waals surface area contributed by atoms with Gasteiger partial charge in [0.25, 0.3) is 0 Å². The van der Waals surface area contributed by atoms with Crippen LogP contribution < -0.4 is 10.5 Å². The molecule has 2 aromatic carbocycles. The van der Waals surface area contributed by atoms with E-state index >= 15 is 0 Å². The molecule has 2 nitrogen and oxygen atoms in total. The number of nitrogen functional groups attached to an aromatic ring is 1. The van der Waals surface area contributed by atoms with Gasteiger partial charge in [0.15, 0.2) is 5.75 Å². The highest BCUT2D eigenvalue weighted by Crippen LogP contribution is 2.38. The van der Waals surface area contributed by atoms with Crippen molar-refractivity contribution in [2.24, 2.45) is 0 Å². The van der Waals surface area contributed by atoms with E-state index < -0.39 is 0 Å². The fraction of sp³-hybridized carbons (Fsp3) is 0. The van der Waals surface area contributed by atoms with E-state index in [-0.39, 0.29) is 0 Å². The maximum Gasteiger partial charge on any atom is 0.164 e. The molecular weight excluding hydrogens is 280 g/mol. The minimum absolute atomic E-state index is 0.366. The summed E-state index contributed by atoms with van der Waals surface area (Å²) in [5.41, 5.74) is 6.09. The summed E-state index contributed by atoms with van der Waals surface area (Å²) in [7, 11) is 0. The largest absolute Gasteiger partial charge is 0.454 e. The van der Waals surface area contributed by atoms with Crippen LogP contribution in [-0.2, 0) is 0 Å². The van der Waals surface area contributed by atoms with Crippen molar-refractivity contribution in [3.8, 4) is 11.5 Å². The van der Waals surface area contributed by atoms with Crippen LogP contribution in [0.4, 0.5) is 5.69 Å². The summed E-state index contributed by atoms with van der Waals surface area (Å²) in [6.45, 7) is 0. The SMILES string of the molecule is Nc1cc(Cl)c(Oc2ccc(Cl)cc2)c(Cl)c1. The molecule has 2 aromatic rings. The van der Waals surface area contributed by atoms with Crippen molar-refractivity contribution in [3.05, 3.63) is 51.5 Å².